The van der Waals surface area contributed by atoms with Crippen molar-refractivity contribution < 1.29 is 4.21 Å². The van der Waals surface area contributed by atoms with Crippen molar-refractivity contribution in [1.82, 2.24) is 9.62 Å². The highest BCUT2D eigenvalue weighted by Gasteiger charge is 2.39. The third kappa shape index (κ3) is 2.76. The van der Waals surface area contributed by atoms with Crippen molar-refractivity contribution in [3.8, 4) is 0 Å². The Hall–Kier alpha value is 0.0700. The van der Waals surface area contributed by atoms with Crippen LogP contribution in [0.5, 0.6) is 0 Å². The molecule has 13 heavy (non-hydrogen) atoms. The maximum Gasteiger partial charge on any atom is 0.0976 e. The molecule has 0 aromatic heterocycles. The lowest BCUT2D eigenvalue weighted by atomic mass is 9.95. The number of nitrogens with zero attached hydrogens (tertiary/aromatic N) is 1. The van der Waals surface area contributed by atoms with E-state index in [-0.39, 0.29) is 10.3 Å². The van der Waals surface area contributed by atoms with Crippen molar-refractivity contribution in [2.75, 3.05) is 20.1 Å². The number of likely N-dealkylation sites (tertiary alicyclic amines) is 1. The van der Waals surface area contributed by atoms with Gasteiger partial charge in [0.2, 0.25) is 0 Å². The van der Waals surface area contributed by atoms with E-state index in [9.17, 15) is 4.21 Å². The third-order valence-corrected chi connectivity index (χ3v) is 3.92. The van der Waals surface area contributed by atoms with Gasteiger partial charge in [0.05, 0.1) is 21.3 Å². The number of hydrogen-bond donors (Lipinski definition) is 1. The van der Waals surface area contributed by atoms with Crippen molar-refractivity contribution in [3.05, 3.63) is 0 Å². The Morgan fingerprint density at radius 3 is 2.15 bits per heavy atom. The molecular weight excluding hydrogens is 184 g/mol. The summed E-state index contributed by atoms with van der Waals surface area (Å²) in [4.78, 5) is 2.22. The van der Waals surface area contributed by atoms with Crippen LogP contribution < -0.4 is 4.72 Å². The van der Waals surface area contributed by atoms with Crippen LogP contribution in [0.4, 0.5) is 0 Å². The number of likely N-dealkylation sites (N-methyl/N-ethyl adjacent to an activating group) is 1. The van der Waals surface area contributed by atoms with Gasteiger partial charge in [-0.1, -0.05) is 0 Å². The molecule has 1 heterocycles. The average molecular weight is 204 g/mol. The van der Waals surface area contributed by atoms with E-state index in [1.165, 1.54) is 0 Å². The highest BCUT2D eigenvalue weighted by Crippen LogP contribution is 2.21. The van der Waals surface area contributed by atoms with Crippen molar-refractivity contribution in [3.63, 3.8) is 0 Å². The second-order valence-corrected chi connectivity index (χ2v) is 7.18. The Kier molecular flexibility index (Phi) is 2.86. The maximum absolute atomic E-state index is 11.8. The van der Waals surface area contributed by atoms with Gasteiger partial charge in [-0.25, -0.2) is 8.93 Å². The SMILES string of the molecule is CN1CC(C)(NS(=O)C(C)(C)C)C1. The van der Waals surface area contributed by atoms with Crippen LogP contribution in [0.2, 0.25) is 0 Å². The highest BCUT2D eigenvalue weighted by atomic mass is 32.2. The fourth-order valence-corrected chi connectivity index (χ4v) is 2.47. The van der Waals surface area contributed by atoms with Gasteiger partial charge in [-0.3, -0.25) is 0 Å². The Morgan fingerprint density at radius 1 is 1.38 bits per heavy atom. The van der Waals surface area contributed by atoms with Gasteiger partial charge < -0.3 is 4.90 Å². The van der Waals surface area contributed by atoms with Gasteiger partial charge in [0.15, 0.2) is 0 Å². The van der Waals surface area contributed by atoms with Gasteiger partial charge >= 0.3 is 0 Å². The maximum atomic E-state index is 11.8. The lowest BCUT2D eigenvalue weighted by Crippen LogP contribution is -2.67. The summed E-state index contributed by atoms with van der Waals surface area (Å²) in [5.74, 6) is 0. The molecule has 1 unspecified atom stereocenters. The Balaban J connectivity index is 2.46. The fourth-order valence-electron chi connectivity index (χ4n) is 1.59. The zero-order valence-electron chi connectivity index (χ0n) is 9.18. The quantitative estimate of drug-likeness (QED) is 0.719. The summed E-state index contributed by atoms with van der Waals surface area (Å²) in [5.41, 5.74) is 0.0485. The molecule has 4 heteroatoms. The molecule has 1 fully saturated rings. The van der Waals surface area contributed by atoms with Crippen molar-refractivity contribution in [2.24, 2.45) is 0 Å². The summed E-state index contributed by atoms with van der Waals surface area (Å²) in [6.07, 6.45) is 0. The summed E-state index contributed by atoms with van der Waals surface area (Å²) < 4.78 is 14.8. The van der Waals surface area contributed by atoms with Crippen LogP contribution in [-0.4, -0.2) is 39.5 Å². The average Bonchev–Trinajstić information content (AvgIpc) is 1.81. The number of rotatable bonds is 2. The van der Waals surface area contributed by atoms with Gasteiger partial charge in [-0.2, -0.15) is 0 Å². The molecule has 0 saturated carbocycles. The Morgan fingerprint density at radius 2 is 1.85 bits per heavy atom. The molecule has 1 aliphatic heterocycles. The smallest absolute Gasteiger partial charge is 0.0976 e. The van der Waals surface area contributed by atoms with E-state index in [2.05, 4.69) is 23.6 Å². The van der Waals surface area contributed by atoms with E-state index in [0.717, 1.165) is 13.1 Å². The molecule has 0 radical (unpaired) electrons. The predicted molar refractivity (Wildman–Crippen MR) is 56.9 cm³/mol. The summed E-state index contributed by atoms with van der Waals surface area (Å²) in [7, 11) is 1.13. The van der Waals surface area contributed by atoms with Gasteiger partial charge in [0.1, 0.15) is 0 Å². The van der Waals surface area contributed by atoms with Crippen LogP contribution in [0.3, 0.4) is 0 Å². The Labute approximate surface area is 83.5 Å². The van der Waals surface area contributed by atoms with Crippen LogP contribution in [-0.2, 0) is 11.0 Å². The summed E-state index contributed by atoms with van der Waals surface area (Å²) in [5, 5.41) is 0. The van der Waals surface area contributed by atoms with E-state index >= 15 is 0 Å². The molecule has 3 nitrogen and oxygen atoms in total. The van der Waals surface area contributed by atoms with Crippen molar-refractivity contribution in [1.29, 1.82) is 0 Å². The van der Waals surface area contributed by atoms with Gasteiger partial charge in [0, 0.05) is 13.1 Å². The first kappa shape index (κ1) is 11.1. The third-order valence-electron chi connectivity index (χ3n) is 2.13. The first-order chi connectivity index (χ1) is 5.73. The van der Waals surface area contributed by atoms with Gasteiger partial charge in [0.25, 0.3) is 0 Å². The van der Waals surface area contributed by atoms with E-state index in [1.54, 1.807) is 0 Å². The largest absolute Gasteiger partial charge is 0.303 e. The molecule has 0 aromatic carbocycles. The molecule has 78 valence electrons. The molecule has 1 saturated heterocycles. The fraction of sp³-hybridized carbons (Fsp3) is 1.00. The van der Waals surface area contributed by atoms with E-state index < -0.39 is 11.0 Å². The zero-order chi connectivity index (χ0) is 10.3. The molecule has 0 bridgehead atoms. The second-order valence-electron chi connectivity index (χ2n) is 5.22. The lowest BCUT2D eigenvalue weighted by Gasteiger charge is -2.47. The topological polar surface area (TPSA) is 32.3 Å². The molecule has 0 amide bonds. The van der Waals surface area contributed by atoms with E-state index in [0.29, 0.717) is 0 Å². The Bertz CT molecular complexity index is 216. The standard InChI is InChI=1S/C9H20N2OS/c1-8(2,3)13(12)10-9(4)6-11(5)7-9/h10H,6-7H2,1-5H3. The van der Waals surface area contributed by atoms with Crippen LogP contribution in [0.15, 0.2) is 0 Å². The monoisotopic (exact) mass is 204 g/mol. The number of nitrogens with one attached hydrogen (secondary N) is 1. The van der Waals surface area contributed by atoms with Crippen LogP contribution >= 0.6 is 0 Å². The van der Waals surface area contributed by atoms with E-state index in [1.807, 2.05) is 20.8 Å². The molecular formula is C9H20N2OS. The predicted octanol–water partition coefficient (Wildman–Crippen LogP) is 0.742. The summed E-state index contributed by atoms with van der Waals surface area (Å²) >= 11 is 0. The van der Waals surface area contributed by atoms with Crippen LogP contribution in [0.1, 0.15) is 27.7 Å². The van der Waals surface area contributed by atoms with E-state index in [4.69, 9.17) is 0 Å². The first-order valence-electron chi connectivity index (χ1n) is 4.61. The van der Waals surface area contributed by atoms with Crippen LogP contribution in [0.25, 0.3) is 0 Å². The zero-order valence-corrected chi connectivity index (χ0v) is 9.99. The van der Waals surface area contributed by atoms with Crippen LogP contribution in [0, 0.1) is 0 Å². The molecule has 0 spiro atoms. The molecule has 0 aliphatic carbocycles. The first-order valence-corrected chi connectivity index (χ1v) is 5.76. The minimum absolute atomic E-state index is 0.0485. The molecule has 1 atom stereocenters. The van der Waals surface area contributed by atoms with Gasteiger partial charge in [-0.15, -0.1) is 0 Å². The minimum Gasteiger partial charge on any atom is -0.303 e. The van der Waals surface area contributed by atoms with Crippen molar-refractivity contribution >= 4 is 11.0 Å². The van der Waals surface area contributed by atoms with Gasteiger partial charge in [-0.05, 0) is 34.7 Å². The summed E-state index contributed by atoms with van der Waals surface area (Å²) in [6.45, 7) is 10.0. The summed E-state index contributed by atoms with van der Waals surface area (Å²) in [6, 6.07) is 0. The lowest BCUT2D eigenvalue weighted by molar-refractivity contribution is 0.102. The minimum atomic E-state index is -0.947. The molecule has 1 N–H and O–H groups in total. The van der Waals surface area contributed by atoms with Crippen molar-refractivity contribution in [2.45, 2.75) is 38.0 Å². The normalized spacial score (nSPS) is 25.3. The molecule has 1 rings (SSSR count). The second kappa shape index (κ2) is 3.33. The number of hydrogen-bond acceptors (Lipinski definition) is 2. The molecule has 1 aliphatic rings. The highest BCUT2D eigenvalue weighted by molar-refractivity contribution is 7.84. The molecule has 0 aromatic rings.